The third-order valence-corrected chi connectivity index (χ3v) is 4.26. The molecule has 1 N–H and O–H groups in total. The molecule has 19 heavy (non-hydrogen) atoms. The number of benzene rings is 1. The molecule has 2 bridgehead atoms. The van der Waals surface area contributed by atoms with Crippen LogP contribution in [0.25, 0.3) is 0 Å². The second-order valence-corrected chi connectivity index (χ2v) is 5.57. The van der Waals surface area contributed by atoms with Gasteiger partial charge in [0.1, 0.15) is 5.69 Å². The van der Waals surface area contributed by atoms with Crippen LogP contribution < -0.4 is 10.2 Å². The number of fused-ring (bicyclic) bond motifs is 2. The number of aryl methyl sites for hydroxylation is 1. The van der Waals surface area contributed by atoms with Crippen LogP contribution in [0, 0.1) is 17.0 Å². The van der Waals surface area contributed by atoms with Crippen molar-refractivity contribution in [1.29, 1.82) is 0 Å². The fraction of sp³-hybridized carbons (Fsp3) is 0.571. The highest BCUT2D eigenvalue weighted by Crippen LogP contribution is 2.33. The molecule has 2 heterocycles. The van der Waals surface area contributed by atoms with E-state index in [9.17, 15) is 10.1 Å². The van der Waals surface area contributed by atoms with Gasteiger partial charge in [-0.3, -0.25) is 10.1 Å². The Hall–Kier alpha value is -1.62. The average molecular weight is 261 g/mol. The largest absolute Gasteiger partial charge is 0.364 e. The third-order valence-electron chi connectivity index (χ3n) is 4.26. The van der Waals surface area contributed by atoms with Crippen LogP contribution in [0.5, 0.6) is 0 Å². The van der Waals surface area contributed by atoms with Crippen molar-refractivity contribution in [2.75, 3.05) is 18.0 Å². The Morgan fingerprint density at radius 3 is 2.89 bits per heavy atom. The lowest BCUT2D eigenvalue weighted by Gasteiger charge is -2.26. The first-order chi connectivity index (χ1) is 9.15. The quantitative estimate of drug-likeness (QED) is 0.655. The minimum Gasteiger partial charge on any atom is -0.364 e. The molecule has 102 valence electrons. The second kappa shape index (κ2) is 4.81. The van der Waals surface area contributed by atoms with E-state index in [-0.39, 0.29) is 10.6 Å². The van der Waals surface area contributed by atoms with Crippen LogP contribution in [-0.2, 0) is 0 Å². The molecule has 1 aromatic carbocycles. The van der Waals surface area contributed by atoms with Crippen LogP contribution >= 0.6 is 0 Å². The van der Waals surface area contributed by atoms with Gasteiger partial charge in [0.2, 0.25) is 0 Å². The van der Waals surface area contributed by atoms with E-state index >= 15 is 0 Å². The lowest BCUT2D eigenvalue weighted by atomic mass is 10.1. The number of nitrogens with one attached hydrogen (secondary N) is 1. The molecule has 0 amide bonds. The van der Waals surface area contributed by atoms with Crippen LogP contribution in [0.15, 0.2) is 18.2 Å². The van der Waals surface area contributed by atoms with E-state index in [1.807, 2.05) is 25.1 Å². The molecular weight excluding hydrogens is 242 g/mol. The van der Waals surface area contributed by atoms with Gasteiger partial charge in [0.15, 0.2) is 0 Å². The Morgan fingerprint density at radius 2 is 2.11 bits per heavy atom. The summed E-state index contributed by atoms with van der Waals surface area (Å²) in [7, 11) is 0. The van der Waals surface area contributed by atoms with Crippen molar-refractivity contribution in [3.63, 3.8) is 0 Å². The maximum Gasteiger partial charge on any atom is 0.295 e. The maximum absolute atomic E-state index is 11.3. The second-order valence-electron chi connectivity index (χ2n) is 5.57. The van der Waals surface area contributed by atoms with E-state index in [0.717, 1.165) is 30.8 Å². The van der Waals surface area contributed by atoms with E-state index < -0.39 is 0 Å². The average Bonchev–Trinajstić information content (AvgIpc) is 2.68. The zero-order valence-electron chi connectivity index (χ0n) is 11.1. The van der Waals surface area contributed by atoms with Gasteiger partial charge in [0.05, 0.1) is 4.92 Å². The standard InChI is InChI=1S/C14H19N3O2/c1-10-3-2-4-13(14(10)17(18)19)16-8-7-11-5-6-12(9-16)15-11/h2-4,11-12,15H,5-9H2,1H3. The van der Waals surface area contributed by atoms with Crippen molar-refractivity contribution in [1.82, 2.24) is 5.32 Å². The van der Waals surface area contributed by atoms with Gasteiger partial charge in [0, 0.05) is 30.7 Å². The SMILES string of the molecule is Cc1cccc(N2CCC3CCC(C2)N3)c1[N+](=O)[O-]. The predicted molar refractivity (Wildman–Crippen MR) is 74.6 cm³/mol. The summed E-state index contributed by atoms with van der Waals surface area (Å²) in [6.45, 7) is 3.59. The Balaban J connectivity index is 1.93. The molecule has 2 atom stereocenters. The zero-order chi connectivity index (χ0) is 13.4. The maximum atomic E-state index is 11.3. The molecule has 5 heteroatoms. The molecule has 0 spiro atoms. The number of rotatable bonds is 2. The molecule has 0 aliphatic carbocycles. The molecule has 5 nitrogen and oxygen atoms in total. The van der Waals surface area contributed by atoms with Crippen molar-refractivity contribution in [2.24, 2.45) is 0 Å². The highest BCUT2D eigenvalue weighted by atomic mass is 16.6. The minimum absolute atomic E-state index is 0.249. The van der Waals surface area contributed by atoms with Crippen molar-refractivity contribution < 1.29 is 4.92 Å². The van der Waals surface area contributed by atoms with Gasteiger partial charge in [-0.15, -0.1) is 0 Å². The molecule has 0 radical (unpaired) electrons. The Labute approximate surface area is 112 Å². The summed E-state index contributed by atoms with van der Waals surface area (Å²) in [6, 6.07) is 6.67. The minimum atomic E-state index is -0.249. The van der Waals surface area contributed by atoms with Gasteiger partial charge in [-0.05, 0) is 32.3 Å². The molecule has 1 aromatic rings. The van der Waals surface area contributed by atoms with Gasteiger partial charge in [-0.2, -0.15) is 0 Å². The monoisotopic (exact) mass is 261 g/mol. The molecule has 0 aromatic heterocycles. The van der Waals surface area contributed by atoms with E-state index in [1.165, 1.54) is 12.8 Å². The van der Waals surface area contributed by atoms with E-state index in [4.69, 9.17) is 0 Å². The molecule has 2 aliphatic heterocycles. The van der Waals surface area contributed by atoms with Gasteiger partial charge >= 0.3 is 0 Å². The Kier molecular flexibility index (Phi) is 3.14. The Morgan fingerprint density at radius 1 is 1.32 bits per heavy atom. The number of hydrogen-bond donors (Lipinski definition) is 1. The fourth-order valence-electron chi connectivity index (χ4n) is 3.30. The smallest absolute Gasteiger partial charge is 0.295 e. The van der Waals surface area contributed by atoms with Gasteiger partial charge in [0.25, 0.3) is 5.69 Å². The van der Waals surface area contributed by atoms with Crippen LogP contribution in [0.1, 0.15) is 24.8 Å². The van der Waals surface area contributed by atoms with Gasteiger partial charge < -0.3 is 10.2 Å². The molecular formula is C14H19N3O2. The van der Waals surface area contributed by atoms with E-state index in [0.29, 0.717) is 12.1 Å². The summed E-state index contributed by atoms with van der Waals surface area (Å²) in [5.41, 5.74) is 1.78. The number of nitro groups is 1. The lowest BCUT2D eigenvalue weighted by molar-refractivity contribution is -0.384. The van der Waals surface area contributed by atoms with Gasteiger partial charge in [-0.25, -0.2) is 0 Å². The highest BCUT2D eigenvalue weighted by Gasteiger charge is 2.31. The highest BCUT2D eigenvalue weighted by molar-refractivity contribution is 5.66. The number of nitro benzene ring substituents is 1. The number of nitrogens with zero attached hydrogens (tertiary/aromatic N) is 2. The van der Waals surface area contributed by atoms with Crippen LogP contribution in [0.3, 0.4) is 0 Å². The molecule has 2 fully saturated rings. The first kappa shape index (κ1) is 12.4. The molecule has 2 saturated heterocycles. The fourth-order valence-corrected chi connectivity index (χ4v) is 3.30. The summed E-state index contributed by atoms with van der Waals surface area (Å²) < 4.78 is 0. The van der Waals surface area contributed by atoms with Crippen LogP contribution in [0.2, 0.25) is 0 Å². The summed E-state index contributed by atoms with van der Waals surface area (Å²) in [6.07, 6.45) is 3.50. The number of anilines is 1. The van der Waals surface area contributed by atoms with Crippen molar-refractivity contribution >= 4 is 11.4 Å². The van der Waals surface area contributed by atoms with Crippen LogP contribution in [-0.4, -0.2) is 30.1 Å². The molecule has 3 rings (SSSR count). The normalized spacial score (nSPS) is 26.3. The van der Waals surface area contributed by atoms with E-state index in [2.05, 4.69) is 10.2 Å². The molecule has 2 unspecified atom stereocenters. The van der Waals surface area contributed by atoms with Crippen LogP contribution in [0.4, 0.5) is 11.4 Å². The van der Waals surface area contributed by atoms with Crippen molar-refractivity contribution in [3.05, 3.63) is 33.9 Å². The van der Waals surface area contributed by atoms with E-state index in [1.54, 1.807) is 0 Å². The first-order valence-corrected chi connectivity index (χ1v) is 6.90. The van der Waals surface area contributed by atoms with Crippen molar-refractivity contribution in [2.45, 2.75) is 38.3 Å². The predicted octanol–water partition coefficient (Wildman–Crippen LogP) is 2.23. The Bertz CT molecular complexity index is 503. The topological polar surface area (TPSA) is 58.4 Å². The number of hydrogen-bond acceptors (Lipinski definition) is 4. The lowest BCUT2D eigenvalue weighted by Crippen LogP contribution is -2.35. The third kappa shape index (κ3) is 2.30. The summed E-state index contributed by atoms with van der Waals surface area (Å²) in [4.78, 5) is 13.2. The summed E-state index contributed by atoms with van der Waals surface area (Å²) >= 11 is 0. The van der Waals surface area contributed by atoms with Crippen molar-refractivity contribution in [3.8, 4) is 0 Å². The number of para-hydroxylation sites is 1. The summed E-state index contributed by atoms with van der Waals surface area (Å²) in [5, 5.41) is 14.9. The molecule has 2 aliphatic rings. The van der Waals surface area contributed by atoms with Gasteiger partial charge in [-0.1, -0.05) is 12.1 Å². The summed E-state index contributed by atoms with van der Waals surface area (Å²) in [5.74, 6) is 0. The first-order valence-electron chi connectivity index (χ1n) is 6.90. The molecule has 0 saturated carbocycles. The zero-order valence-corrected chi connectivity index (χ0v) is 11.1.